The number of fused-ring (bicyclic) bond motifs is 1. The first kappa shape index (κ1) is 14.3. The molecule has 112 valence electrons. The molecule has 0 aliphatic carbocycles. The predicted molar refractivity (Wildman–Crippen MR) is 82.7 cm³/mol. The highest BCUT2D eigenvalue weighted by Gasteiger charge is 2.17. The zero-order valence-electron chi connectivity index (χ0n) is 11.3. The van der Waals surface area contributed by atoms with E-state index in [1.54, 1.807) is 30.3 Å². The zero-order chi connectivity index (χ0) is 15.5. The van der Waals surface area contributed by atoms with Crippen molar-refractivity contribution in [3.8, 4) is 11.5 Å². The minimum atomic E-state index is -0.456. The molecule has 5 nitrogen and oxygen atoms in total. The van der Waals surface area contributed by atoms with Crippen LogP contribution in [0.5, 0.6) is 11.5 Å². The lowest BCUT2D eigenvalue weighted by atomic mass is 10.2. The van der Waals surface area contributed by atoms with Gasteiger partial charge in [0, 0.05) is 5.56 Å². The van der Waals surface area contributed by atoms with Gasteiger partial charge in [0.05, 0.1) is 5.69 Å². The van der Waals surface area contributed by atoms with E-state index in [2.05, 4.69) is 10.6 Å². The second-order valence-corrected chi connectivity index (χ2v) is 4.86. The van der Waals surface area contributed by atoms with Crippen LogP contribution in [0.4, 0.5) is 10.1 Å². The Bertz CT molecular complexity index is 751. The molecule has 1 aliphatic heterocycles. The fraction of sp³-hybridized carbons (Fsp3) is 0.0667. The van der Waals surface area contributed by atoms with Crippen LogP contribution in [0.3, 0.4) is 0 Å². The van der Waals surface area contributed by atoms with Crippen molar-refractivity contribution in [1.82, 2.24) is 5.32 Å². The summed E-state index contributed by atoms with van der Waals surface area (Å²) < 4.78 is 23.9. The summed E-state index contributed by atoms with van der Waals surface area (Å²) in [5.74, 6) is 0.207. The van der Waals surface area contributed by atoms with E-state index >= 15 is 0 Å². The number of hydrogen-bond acceptors (Lipinski definition) is 4. The number of amides is 1. The molecule has 22 heavy (non-hydrogen) atoms. The number of benzene rings is 2. The Hall–Kier alpha value is -2.67. The molecule has 3 rings (SSSR count). The highest BCUT2D eigenvalue weighted by molar-refractivity contribution is 7.80. The van der Waals surface area contributed by atoms with Gasteiger partial charge in [0.2, 0.25) is 6.79 Å². The number of anilines is 1. The van der Waals surface area contributed by atoms with Crippen LogP contribution in [0.25, 0.3) is 0 Å². The van der Waals surface area contributed by atoms with Crippen LogP contribution in [0.1, 0.15) is 10.4 Å². The normalized spacial score (nSPS) is 11.9. The summed E-state index contributed by atoms with van der Waals surface area (Å²) in [4.78, 5) is 12.1. The first-order valence-electron chi connectivity index (χ1n) is 6.40. The van der Waals surface area contributed by atoms with Gasteiger partial charge < -0.3 is 14.8 Å². The van der Waals surface area contributed by atoms with Gasteiger partial charge in [-0.15, -0.1) is 0 Å². The van der Waals surface area contributed by atoms with Crippen LogP contribution in [0.15, 0.2) is 42.5 Å². The number of carbonyl (C=O) groups is 1. The third-order valence-electron chi connectivity index (χ3n) is 2.98. The van der Waals surface area contributed by atoms with Crippen molar-refractivity contribution in [3.05, 3.63) is 53.8 Å². The van der Waals surface area contributed by atoms with E-state index in [0.717, 1.165) is 0 Å². The van der Waals surface area contributed by atoms with Crippen LogP contribution in [0, 0.1) is 5.82 Å². The summed E-state index contributed by atoms with van der Waals surface area (Å²) >= 11 is 5.01. The van der Waals surface area contributed by atoms with Crippen LogP contribution in [-0.4, -0.2) is 17.8 Å². The van der Waals surface area contributed by atoms with Crippen LogP contribution in [0.2, 0.25) is 0 Å². The smallest absolute Gasteiger partial charge is 0.257 e. The molecule has 0 bridgehead atoms. The number of thiocarbonyl (C=S) groups is 1. The van der Waals surface area contributed by atoms with Gasteiger partial charge in [-0.3, -0.25) is 10.1 Å². The molecule has 0 unspecified atom stereocenters. The van der Waals surface area contributed by atoms with Crippen molar-refractivity contribution < 1.29 is 18.7 Å². The Morgan fingerprint density at radius 3 is 2.73 bits per heavy atom. The quantitative estimate of drug-likeness (QED) is 0.834. The molecular formula is C15H11FN2O3S. The minimum absolute atomic E-state index is 0.00719. The van der Waals surface area contributed by atoms with Gasteiger partial charge in [-0.1, -0.05) is 12.1 Å². The van der Waals surface area contributed by atoms with Gasteiger partial charge in [-0.05, 0) is 42.5 Å². The van der Waals surface area contributed by atoms with Gasteiger partial charge in [-0.2, -0.15) is 0 Å². The van der Waals surface area contributed by atoms with Crippen LogP contribution < -0.4 is 20.1 Å². The fourth-order valence-corrected chi connectivity index (χ4v) is 2.13. The molecule has 0 fully saturated rings. The van der Waals surface area contributed by atoms with Crippen molar-refractivity contribution in [1.29, 1.82) is 0 Å². The average molecular weight is 318 g/mol. The summed E-state index contributed by atoms with van der Waals surface area (Å²) in [6.07, 6.45) is 0. The Morgan fingerprint density at radius 1 is 1.14 bits per heavy atom. The number of carbonyl (C=O) groups excluding carboxylic acids is 1. The van der Waals surface area contributed by atoms with Crippen molar-refractivity contribution in [2.45, 2.75) is 0 Å². The molecular weight excluding hydrogens is 307 g/mol. The molecule has 0 spiro atoms. The van der Waals surface area contributed by atoms with Crippen molar-refractivity contribution in [2.24, 2.45) is 0 Å². The second kappa shape index (κ2) is 5.98. The number of para-hydroxylation sites is 1. The monoisotopic (exact) mass is 318 g/mol. The molecule has 7 heteroatoms. The number of hydrogen-bond donors (Lipinski definition) is 2. The average Bonchev–Trinajstić information content (AvgIpc) is 2.97. The molecule has 1 aliphatic rings. The van der Waals surface area contributed by atoms with E-state index in [1.807, 2.05) is 0 Å². The molecule has 2 aromatic carbocycles. The van der Waals surface area contributed by atoms with Gasteiger partial charge in [-0.25, -0.2) is 4.39 Å². The van der Waals surface area contributed by atoms with Gasteiger partial charge in [0.15, 0.2) is 16.6 Å². The van der Waals surface area contributed by atoms with Crippen molar-refractivity contribution in [3.63, 3.8) is 0 Å². The number of rotatable bonds is 2. The molecule has 0 atom stereocenters. The molecule has 0 aromatic heterocycles. The topological polar surface area (TPSA) is 59.6 Å². The summed E-state index contributed by atoms with van der Waals surface area (Å²) in [7, 11) is 0. The molecule has 1 heterocycles. The maximum atomic E-state index is 13.5. The Kier molecular flexibility index (Phi) is 3.88. The largest absolute Gasteiger partial charge is 0.454 e. The van der Waals surface area contributed by atoms with E-state index in [4.69, 9.17) is 21.7 Å². The number of halogens is 1. The highest BCUT2D eigenvalue weighted by Crippen LogP contribution is 2.32. The minimum Gasteiger partial charge on any atom is -0.454 e. The molecule has 0 radical (unpaired) electrons. The lowest BCUT2D eigenvalue weighted by molar-refractivity contribution is 0.0977. The lowest BCUT2D eigenvalue weighted by Crippen LogP contribution is -2.34. The highest BCUT2D eigenvalue weighted by atomic mass is 32.1. The zero-order valence-corrected chi connectivity index (χ0v) is 12.1. The molecule has 0 saturated heterocycles. The van der Waals surface area contributed by atoms with Crippen molar-refractivity contribution in [2.75, 3.05) is 12.1 Å². The van der Waals surface area contributed by atoms with Gasteiger partial charge in [0.1, 0.15) is 5.82 Å². The summed E-state index contributed by atoms with van der Waals surface area (Å²) in [5, 5.41) is 5.12. The third kappa shape index (κ3) is 2.99. The Balaban J connectivity index is 1.66. The molecule has 2 aromatic rings. The number of nitrogens with one attached hydrogen (secondary N) is 2. The first-order chi connectivity index (χ1) is 10.6. The fourth-order valence-electron chi connectivity index (χ4n) is 1.93. The van der Waals surface area contributed by atoms with Crippen LogP contribution >= 0.6 is 12.2 Å². The molecule has 1 amide bonds. The van der Waals surface area contributed by atoms with Crippen LogP contribution in [-0.2, 0) is 0 Å². The second-order valence-electron chi connectivity index (χ2n) is 4.46. The van der Waals surface area contributed by atoms with E-state index < -0.39 is 11.7 Å². The van der Waals surface area contributed by atoms with Gasteiger partial charge in [0.25, 0.3) is 5.91 Å². The SMILES string of the molecule is O=C(NC(=S)Nc1ccccc1F)c1ccc2c(c1)OCO2. The van der Waals surface area contributed by atoms with E-state index in [-0.39, 0.29) is 17.6 Å². The van der Waals surface area contributed by atoms with Gasteiger partial charge >= 0.3 is 0 Å². The molecule has 0 saturated carbocycles. The Morgan fingerprint density at radius 2 is 1.91 bits per heavy atom. The summed E-state index contributed by atoms with van der Waals surface area (Å²) in [6.45, 7) is 0.133. The third-order valence-corrected chi connectivity index (χ3v) is 3.19. The lowest BCUT2D eigenvalue weighted by Gasteiger charge is -2.10. The van der Waals surface area contributed by atoms with E-state index in [1.165, 1.54) is 12.1 Å². The standard InChI is InChI=1S/C15H11FN2O3S/c16-10-3-1-2-4-11(10)17-15(22)18-14(19)9-5-6-12-13(7-9)21-8-20-12/h1-7H,8H2,(H2,17,18,19,22). The number of ether oxygens (including phenoxy) is 2. The maximum Gasteiger partial charge on any atom is 0.257 e. The Labute approximate surface area is 131 Å². The van der Waals surface area contributed by atoms with E-state index in [0.29, 0.717) is 17.1 Å². The summed E-state index contributed by atoms with van der Waals surface area (Å²) in [6, 6.07) is 10.8. The van der Waals surface area contributed by atoms with E-state index in [9.17, 15) is 9.18 Å². The first-order valence-corrected chi connectivity index (χ1v) is 6.81. The molecule has 2 N–H and O–H groups in total. The summed E-state index contributed by atoms with van der Waals surface area (Å²) in [5.41, 5.74) is 0.556. The van der Waals surface area contributed by atoms with Crippen molar-refractivity contribution >= 4 is 28.9 Å². The maximum absolute atomic E-state index is 13.5. The predicted octanol–water partition coefficient (Wildman–Crippen LogP) is 2.68.